The Kier molecular flexibility index (Phi) is 3.73. The van der Waals surface area contributed by atoms with E-state index in [1.807, 2.05) is 27.9 Å². The molecule has 1 aliphatic rings. The van der Waals surface area contributed by atoms with Gasteiger partial charge in [0.15, 0.2) is 0 Å². The third kappa shape index (κ3) is 2.55. The quantitative estimate of drug-likeness (QED) is 0.907. The number of hydrogen-bond acceptors (Lipinski definition) is 2. The molecule has 0 radical (unpaired) electrons. The first-order valence-corrected chi connectivity index (χ1v) is 7.60. The minimum Gasteiger partial charge on any atom is -0.397 e. The van der Waals surface area contributed by atoms with Gasteiger partial charge in [-0.1, -0.05) is 6.92 Å². The minimum absolute atomic E-state index is 0.0808. The molecule has 3 N–H and O–H groups in total. The molecular formula is C16H22N4O. The van der Waals surface area contributed by atoms with Crippen LogP contribution in [0, 0.1) is 0 Å². The van der Waals surface area contributed by atoms with E-state index in [2.05, 4.69) is 18.0 Å². The lowest BCUT2D eigenvalue weighted by atomic mass is 10.1. The number of aromatic nitrogens is 2. The van der Waals surface area contributed by atoms with Gasteiger partial charge in [0.1, 0.15) is 5.69 Å². The summed E-state index contributed by atoms with van der Waals surface area (Å²) in [6, 6.07) is 5.98. The van der Waals surface area contributed by atoms with E-state index < -0.39 is 0 Å². The first-order valence-electron chi connectivity index (χ1n) is 7.60. The van der Waals surface area contributed by atoms with Crippen molar-refractivity contribution in [2.24, 2.45) is 0 Å². The average Bonchev–Trinajstić information content (AvgIpc) is 3.17. The molecule has 3 rings (SSSR count). The molecule has 0 aromatic carbocycles. The van der Waals surface area contributed by atoms with Crippen LogP contribution < -0.4 is 5.73 Å². The molecular weight excluding hydrogens is 264 g/mol. The summed E-state index contributed by atoms with van der Waals surface area (Å²) in [5.74, 6) is 0.0808. The summed E-state index contributed by atoms with van der Waals surface area (Å²) in [5, 5.41) is 0. The first kappa shape index (κ1) is 13.8. The Balaban J connectivity index is 1.87. The third-order valence-corrected chi connectivity index (χ3v) is 4.10. The van der Waals surface area contributed by atoms with Gasteiger partial charge in [0.05, 0.1) is 11.7 Å². The fourth-order valence-corrected chi connectivity index (χ4v) is 3.17. The summed E-state index contributed by atoms with van der Waals surface area (Å²) in [5.41, 5.74) is 8.35. The summed E-state index contributed by atoms with van der Waals surface area (Å²) in [7, 11) is 0. The summed E-state index contributed by atoms with van der Waals surface area (Å²) in [6.07, 6.45) is 6.80. The number of anilines is 1. The molecule has 1 fully saturated rings. The van der Waals surface area contributed by atoms with Crippen LogP contribution in [0.2, 0.25) is 0 Å². The summed E-state index contributed by atoms with van der Waals surface area (Å²) < 4.78 is 1.97. The monoisotopic (exact) mass is 286 g/mol. The van der Waals surface area contributed by atoms with Crippen molar-refractivity contribution in [3.63, 3.8) is 0 Å². The van der Waals surface area contributed by atoms with E-state index in [0.717, 1.165) is 38.0 Å². The topological polar surface area (TPSA) is 67.0 Å². The van der Waals surface area contributed by atoms with Crippen molar-refractivity contribution in [1.82, 2.24) is 14.5 Å². The first-order chi connectivity index (χ1) is 10.2. The largest absolute Gasteiger partial charge is 0.397 e. The normalized spacial score (nSPS) is 18.3. The number of amides is 1. The summed E-state index contributed by atoms with van der Waals surface area (Å²) in [4.78, 5) is 18.1. The van der Waals surface area contributed by atoms with Crippen LogP contribution in [0.3, 0.4) is 0 Å². The lowest BCUT2D eigenvalue weighted by Crippen LogP contribution is -2.32. The molecule has 5 nitrogen and oxygen atoms in total. The number of H-pyrrole nitrogens is 1. The van der Waals surface area contributed by atoms with Gasteiger partial charge in [-0.25, -0.2) is 0 Å². The van der Waals surface area contributed by atoms with Crippen molar-refractivity contribution in [1.29, 1.82) is 0 Å². The standard InChI is InChI=1S/C16H22N4O/c1-2-8-19-11-12(17)10-15(19)16(21)20-9-4-6-14(20)13-5-3-7-18-13/h3,5,7,10-11,14,18H,2,4,6,8-9,17H2,1H3. The highest BCUT2D eigenvalue weighted by Gasteiger charge is 2.32. The minimum atomic E-state index is 0.0808. The molecule has 1 saturated heterocycles. The molecule has 1 amide bonds. The predicted octanol–water partition coefficient (Wildman–Crippen LogP) is 2.79. The van der Waals surface area contributed by atoms with E-state index in [1.165, 1.54) is 0 Å². The van der Waals surface area contributed by atoms with E-state index in [4.69, 9.17) is 5.73 Å². The van der Waals surface area contributed by atoms with Gasteiger partial charge < -0.3 is 20.2 Å². The lowest BCUT2D eigenvalue weighted by molar-refractivity contribution is 0.0722. The highest BCUT2D eigenvalue weighted by Crippen LogP contribution is 2.32. The van der Waals surface area contributed by atoms with Gasteiger partial charge in [-0.15, -0.1) is 0 Å². The second-order valence-corrected chi connectivity index (χ2v) is 5.63. The number of likely N-dealkylation sites (tertiary alicyclic amines) is 1. The Hall–Kier alpha value is -2.17. The number of nitrogens with one attached hydrogen (secondary N) is 1. The van der Waals surface area contributed by atoms with Crippen molar-refractivity contribution in [2.45, 2.75) is 38.8 Å². The SMILES string of the molecule is CCCn1cc(N)cc1C(=O)N1CCCC1c1ccc[nH]1. The Labute approximate surface area is 124 Å². The molecule has 112 valence electrons. The number of carbonyl (C=O) groups excluding carboxylic acids is 1. The number of aryl methyl sites for hydroxylation is 1. The maximum atomic E-state index is 12.9. The summed E-state index contributed by atoms with van der Waals surface area (Å²) >= 11 is 0. The Morgan fingerprint density at radius 1 is 1.52 bits per heavy atom. The maximum Gasteiger partial charge on any atom is 0.271 e. The zero-order valence-corrected chi connectivity index (χ0v) is 12.4. The van der Waals surface area contributed by atoms with E-state index in [-0.39, 0.29) is 11.9 Å². The average molecular weight is 286 g/mol. The van der Waals surface area contributed by atoms with Crippen molar-refractivity contribution in [3.8, 4) is 0 Å². The highest BCUT2D eigenvalue weighted by molar-refractivity contribution is 5.94. The number of nitrogens with zero attached hydrogens (tertiary/aromatic N) is 2. The zero-order valence-electron chi connectivity index (χ0n) is 12.4. The number of hydrogen-bond donors (Lipinski definition) is 2. The molecule has 0 aliphatic carbocycles. The molecule has 0 spiro atoms. The van der Waals surface area contributed by atoms with Crippen molar-refractivity contribution < 1.29 is 4.79 Å². The number of nitrogens with two attached hydrogens (primary N) is 1. The van der Waals surface area contributed by atoms with Crippen LogP contribution in [0.1, 0.15) is 48.4 Å². The molecule has 0 saturated carbocycles. The summed E-state index contributed by atoms with van der Waals surface area (Å²) in [6.45, 7) is 3.72. The zero-order chi connectivity index (χ0) is 14.8. The second kappa shape index (κ2) is 5.68. The van der Waals surface area contributed by atoms with Gasteiger partial charge in [-0.3, -0.25) is 4.79 Å². The molecule has 2 aromatic rings. The Bertz CT molecular complexity index is 614. The van der Waals surface area contributed by atoms with E-state index in [1.54, 1.807) is 6.07 Å². The van der Waals surface area contributed by atoms with Crippen LogP contribution in [-0.2, 0) is 6.54 Å². The Morgan fingerprint density at radius 2 is 2.38 bits per heavy atom. The molecule has 3 heterocycles. The second-order valence-electron chi connectivity index (χ2n) is 5.63. The van der Waals surface area contributed by atoms with Crippen LogP contribution in [0.15, 0.2) is 30.6 Å². The van der Waals surface area contributed by atoms with Crippen LogP contribution in [0.5, 0.6) is 0 Å². The van der Waals surface area contributed by atoms with Gasteiger partial charge in [-0.05, 0) is 37.5 Å². The molecule has 5 heteroatoms. The molecule has 0 bridgehead atoms. The van der Waals surface area contributed by atoms with Crippen LogP contribution in [-0.4, -0.2) is 26.9 Å². The van der Waals surface area contributed by atoms with Gasteiger partial charge in [0.2, 0.25) is 0 Å². The third-order valence-electron chi connectivity index (χ3n) is 4.10. The van der Waals surface area contributed by atoms with E-state index in [0.29, 0.717) is 11.4 Å². The number of nitrogen functional groups attached to an aromatic ring is 1. The van der Waals surface area contributed by atoms with Gasteiger partial charge in [-0.2, -0.15) is 0 Å². The molecule has 1 aliphatic heterocycles. The molecule has 2 aromatic heterocycles. The highest BCUT2D eigenvalue weighted by atomic mass is 16.2. The van der Waals surface area contributed by atoms with E-state index >= 15 is 0 Å². The van der Waals surface area contributed by atoms with Crippen molar-refractivity contribution in [3.05, 3.63) is 42.0 Å². The van der Waals surface area contributed by atoms with Gasteiger partial charge in [0, 0.05) is 31.2 Å². The van der Waals surface area contributed by atoms with Crippen molar-refractivity contribution in [2.75, 3.05) is 12.3 Å². The van der Waals surface area contributed by atoms with Crippen LogP contribution >= 0.6 is 0 Å². The number of aromatic amines is 1. The Morgan fingerprint density at radius 3 is 3.10 bits per heavy atom. The maximum absolute atomic E-state index is 12.9. The number of carbonyl (C=O) groups is 1. The lowest BCUT2D eigenvalue weighted by Gasteiger charge is -2.24. The smallest absolute Gasteiger partial charge is 0.271 e. The fourth-order valence-electron chi connectivity index (χ4n) is 3.17. The van der Waals surface area contributed by atoms with Crippen LogP contribution in [0.25, 0.3) is 0 Å². The fraction of sp³-hybridized carbons (Fsp3) is 0.438. The molecule has 21 heavy (non-hydrogen) atoms. The molecule has 1 atom stereocenters. The number of rotatable bonds is 4. The van der Waals surface area contributed by atoms with Gasteiger partial charge >= 0.3 is 0 Å². The predicted molar refractivity (Wildman–Crippen MR) is 82.9 cm³/mol. The van der Waals surface area contributed by atoms with Gasteiger partial charge in [0.25, 0.3) is 5.91 Å². The van der Waals surface area contributed by atoms with E-state index in [9.17, 15) is 4.79 Å². The van der Waals surface area contributed by atoms with Crippen LogP contribution in [0.4, 0.5) is 5.69 Å². The van der Waals surface area contributed by atoms with Crippen molar-refractivity contribution >= 4 is 11.6 Å². The molecule has 1 unspecified atom stereocenters.